The summed E-state index contributed by atoms with van der Waals surface area (Å²) in [6.45, 7) is 2.52. The zero-order chi connectivity index (χ0) is 29.4. The molecule has 5 nitrogen and oxygen atoms in total. The standard InChI is InChI=1S/C31H19F5O5/c1-15-21(41-31(38)16(2)39-30-26(35)24(33)23(32)25(34)27(30)36)13-12-20-28(37)22(40-29(15)20)14-17-8-10-19(11-9-17)18-6-4-3-5-7-18/h3-14,16H,1-2H3/b22-14-. The number of ketones is 1. The Morgan fingerprint density at radius 3 is 2.02 bits per heavy atom. The topological polar surface area (TPSA) is 61.8 Å². The van der Waals surface area contributed by atoms with Gasteiger partial charge in [-0.25, -0.2) is 18.0 Å². The summed E-state index contributed by atoms with van der Waals surface area (Å²) >= 11 is 0. The second kappa shape index (κ2) is 10.9. The lowest BCUT2D eigenvalue weighted by Gasteiger charge is -2.16. The second-order valence-corrected chi connectivity index (χ2v) is 9.07. The summed E-state index contributed by atoms with van der Waals surface area (Å²) in [5.74, 6) is -14.3. The number of benzene rings is 4. The van der Waals surface area contributed by atoms with Gasteiger partial charge in [-0.2, -0.15) is 8.78 Å². The van der Waals surface area contributed by atoms with Gasteiger partial charge >= 0.3 is 5.97 Å². The minimum absolute atomic E-state index is 0.0436. The number of rotatable bonds is 6. The van der Waals surface area contributed by atoms with Gasteiger partial charge in [-0.3, -0.25) is 4.79 Å². The van der Waals surface area contributed by atoms with Crippen LogP contribution in [0.1, 0.15) is 28.4 Å². The number of hydrogen-bond donors (Lipinski definition) is 0. The fourth-order valence-electron chi connectivity index (χ4n) is 4.14. The number of carbonyl (C=O) groups is 2. The minimum Gasteiger partial charge on any atom is -0.473 e. The van der Waals surface area contributed by atoms with Crippen LogP contribution in [0.5, 0.6) is 17.2 Å². The van der Waals surface area contributed by atoms with Crippen LogP contribution in [0.25, 0.3) is 17.2 Å². The largest absolute Gasteiger partial charge is 0.473 e. The maximum atomic E-state index is 13.9. The fraction of sp³-hybridized carbons (Fsp3) is 0.0968. The minimum atomic E-state index is -2.36. The van der Waals surface area contributed by atoms with Gasteiger partial charge in [0.25, 0.3) is 0 Å². The molecule has 10 heteroatoms. The van der Waals surface area contributed by atoms with Gasteiger partial charge in [-0.1, -0.05) is 54.6 Å². The maximum Gasteiger partial charge on any atom is 0.352 e. The Bertz CT molecular complexity index is 1690. The zero-order valence-electron chi connectivity index (χ0n) is 21.4. The summed E-state index contributed by atoms with van der Waals surface area (Å²) in [4.78, 5) is 25.5. The average Bonchev–Trinajstić information content (AvgIpc) is 3.30. The molecule has 1 unspecified atom stereocenters. The van der Waals surface area contributed by atoms with E-state index in [-0.39, 0.29) is 28.4 Å². The molecule has 0 saturated carbocycles. The van der Waals surface area contributed by atoms with E-state index in [0.29, 0.717) is 5.56 Å². The Balaban J connectivity index is 1.32. The number of carbonyl (C=O) groups excluding carboxylic acids is 2. The first-order valence-electron chi connectivity index (χ1n) is 12.2. The molecule has 0 spiro atoms. The third kappa shape index (κ3) is 5.16. The lowest BCUT2D eigenvalue weighted by molar-refractivity contribution is -0.141. The molecule has 1 atom stereocenters. The molecule has 0 aromatic heterocycles. The Morgan fingerprint density at radius 1 is 0.805 bits per heavy atom. The van der Waals surface area contributed by atoms with Crippen LogP contribution in [0.2, 0.25) is 0 Å². The molecule has 1 aliphatic heterocycles. The number of fused-ring (bicyclic) bond motifs is 1. The van der Waals surface area contributed by atoms with Crippen molar-refractivity contribution in [1.82, 2.24) is 0 Å². The van der Waals surface area contributed by atoms with Crippen molar-refractivity contribution in [2.24, 2.45) is 0 Å². The van der Waals surface area contributed by atoms with E-state index in [1.54, 1.807) is 6.08 Å². The van der Waals surface area contributed by atoms with E-state index >= 15 is 0 Å². The normalized spacial score (nSPS) is 14.0. The van der Waals surface area contributed by atoms with Gasteiger partial charge in [-0.15, -0.1) is 0 Å². The van der Waals surface area contributed by atoms with E-state index in [9.17, 15) is 31.5 Å². The Labute approximate surface area is 230 Å². The van der Waals surface area contributed by atoms with Crippen LogP contribution < -0.4 is 14.2 Å². The average molecular weight is 566 g/mol. The summed E-state index contributed by atoms with van der Waals surface area (Å²) in [7, 11) is 0. The Kier molecular flexibility index (Phi) is 7.32. The third-order valence-corrected chi connectivity index (χ3v) is 6.36. The highest BCUT2D eigenvalue weighted by Crippen LogP contribution is 2.39. The molecule has 0 aliphatic carbocycles. The number of hydrogen-bond acceptors (Lipinski definition) is 5. The molecule has 0 radical (unpaired) electrons. The van der Waals surface area contributed by atoms with Gasteiger partial charge < -0.3 is 14.2 Å². The van der Waals surface area contributed by atoms with Gasteiger partial charge in [0.15, 0.2) is 17.6 Å². The van der Waals surface area contributed by atoms with Crippen molar-refractivity contribution in [3.8, 4) is 28.4 Å². The number of allylic oxidation sites excluding steroid dienone is 1. The van der Waals surface area contributed by atoms with E-state index in [2.05, 4.69) is 0 Å². The molecule has 0 saturated heterocycles. The van der Waals surface area contributed by atoms with Gasteiger partial charge in [0.1, 0.15) is 11.5 Å². The number of Topliss-reactive ketones (excluding diaryl/α,β-unsaturated/α-hetero) is 1. The molecule has 1 aliphatic rings. The molecule has 0 bridgehead atoms. The highest BCUT2D eigenvalue weighted by molar-refractivity contribution is 6.15. The predicted octanol–water partition coefficient (Wildman–Crippen LogP) is 7.35. The molecular formula is C31H19F5O5. The Hall–Kier alpha value is -4.99. The molecule has 0 amide bonds. The molecule has 208 valence electrons. The molecule has 1 heterocycles. The lowest BCUT2D eigenvalue weighted by atomic mass is 10.0. The van der Waals surface area contributed by atoms with Gasteiger partial charge in [0.2, 0.25) is 34.9 Å². The molecule has 5 rings (SSSR count). The van der Waals surface area contributed by atoms with Crippen molar-refractivity contribution in [1.29, 1.82) is 0 Å². The summed E-state index contributed by atoms with van der Waals surface area (Å²) in [6, 6.07) is 19.9. The predicted molar refractivity (Wildman–Crippen MR) is 138 cm³/mol. The molecule has 0 N–H and O–H groups in total. The van der Waals surface area contributed by atoms with E-state index < -0.39 is 52.7 Å². The van der Waals surface area contributed by atoms with Crippen LogP contribution in [-0.2, 0) is 4.79 Å². The van der Waals surface area contributed by atoms with Crippen molar-refractivity contribution in [3.05, 3.63) is 118 Å². The molecular weight excluding hydrogens is 547 g/mol. The summed E-state index contributed by atoms with van der Waals surface area (Å²) in [6.07, 6.45) is -0.199. The molecule has 4 aromatic rings. The first-order chi connectivity index (χ1) is 19.6. The van der Waals surface area contributed by atoms with Crippen LogP contribution in [0.3, 0.4) is 0 Å². The smallest absolute Gasteiger partial charge is 0.352 e. The number of ether oxygens (including phenoxy) is 3. The van der Waals surface area contributed by atoms with Gasteiger partial charge in [0.05, 0.1) is 5.56 Å². The maximum absolute atomic E-state index is 13.9. The van der Waals surface area contributed by atoms with E-state index in [1.807, 2.05) is 54.6 Å². The van der Waals surface area contributed by atoms with Crippen molar-refractivity contribution in [2.75, 3.05) is 0 Å². The quantitative estimate of drug-likeness (QED) is 0.0610. The van der Waals surface area contributed by atoms with Crippen molar-refractivity contribution >= 4 is 17.8 Å². The summed E-state index contributed by atoms with van der Waals surface area (Å²) in [5.41, 5.74) is 3.23. The summed E-state index contributed by atoms with van der Waals surface area (Å²) in [5, 5.41) is 0. The second-order valence-electron chi connectivity index (χ2n) is 9.07. The summed E-state index contributed by atoms with van der Waals surface area (Å²) < 4.78 is 83.8. The van der Waals surface area contributed by atoms with E-state index in [1.165, 1.54) is 19.1 Å². The van der Waals surface area contributed by atoms with E-state index in [4.69, 9.17) is 14.2 Å². The van der Waals surface area contributed by atoms with Gasteiger partial charge in [0, 0.05) is 5.56 Å². The van der Waals surface area contributed by atoms with Crippen LogP contribution in [0, 0.1) is 36.0 Å². The SMILES string of the molecule is Cc1c(OC(=O)C(C)Oc2c(F)c(F)c(F)c(F)c2F)ccc2c1O/C(=C\c1ccc(-c3ccccc3)cc1)C2=O. The van der Waals surface area contributed by atoms with E-state index in [0.717, 1.165) is 18.1 Å². The number of esters is 1. The van der Waals surface area contributed by atoms with Crippen LogP contribution in [-0.4, -0.2) is 17.9 Å². The Morgan fingerprint density at radius 2 is 1.39 bits per heavy atom. The fourth-order valence-corrected chi connectivity index (χ4v) is 4.14. The highest BCUT2D eigenvalue weighted by Gasteiger charge is 2.32. The van der Waals surface area contributed by atoms with Crippen LogP contribution in [0.15, 0.2) is 72.5 Å². The molecule has 4 aromatic carbocycles. The van der Waals surface area contributed by atoms with Gasteiger partial charge in [-0.05, 0) is 48.7 Å². The number of halogens is 5. The van der Waals surface area contributed by atoms with Crippen molar-refractivity contribution < 1.29 is 45.8 Å². The van der Waals surface area contributed by atoms with Crippen LogP contribution >= 0.6 is 0 Å². The first kappa shape index (κ1) is 27.6. The van der Waals surface area contributed by atoms with Crippen molar-refractivity contribution in [2.45, 2.75) is 20.0 Å². The molecule has 0 fully saturated rings. The monoisotopic (exact) mass is 566 g/mol. The first-order valence-corrected chi connectivity index (χ1v) is 12.2. The third-order valence-electron chi connectivity index (χ3n) is 6.36. The lowest BCUT2D eigenvalue weighted by Crippen LogP contribution is -2.29. The van der Waals surface area contributed by atoms with Crippen molar-refractivity contribution in [3.63, 3.8) is 0 Å². The molecule has 41 heavy (non-hydrogen) atoms. The van der Waals surface area contributed by atoms with Crippen LogP contribution in [0.4, 0.5) is 22.0 Å². The zero-order valence-corrected chi connectivity index (χ0v) is 21.4. The highest BCUT2D eigenvalue weighted by atomic mass is 19.2.